The van der Waals surface area contributed by atoms with E-state index in [1.807, 2.05) is 18.2 Å². The molecule has 0 bridgehead atoms. The van der Waals surface area contributed by atoms with Gasteiger partial charge in [0.2, 0.25) is 0 Å². The van der Waals surface area contributed by atoms with Crippen LogP contribution in [0.5, 0.6) is 0 Å². The zero-order valence-corrected chi connectivity index (χ0v) is 10.8. The van der Waals surface area contributed by atoms with Gasteiger partial charge in [-0.25, -0.2) is 4.68 Å². The lowest BCUT2D eigenvalue weighted by molar-refractivity contribution is 0.0946. The van der Waals surface area contributed by atoms with Gasteiger partial charge in [-0.3, -0.25) is 4.79 Å². The largest absolute Gasteiger partial charge is 0.380 e. The van der Waals surface area contributed by atoms with Crippen molar-refractivity contribution in [2.75, 3.05) is 5.32 Å². The van der Waals surface area contributed by atoms with Crippen molar-refractivity contribution < 1.29 is 4.79 Å². The van der Waals surface area contributed by atoms with E-state index >= 15 is 0 Å². The highest BCUT2D eigenvalue weighted by Crippen LogP contribution is 2.20. The van der Waals surface area contributed by atoms with Crippen LogP contribution < -0.4 is 5.32 Å². The second-order valence-electron chi connectivity index (χ2n) is 5.18. The Kier molecular flexibility index (Phi) is 3.19. The van der Waals surface area contributed by atoms with E-state index in [1.165, 1.54) is 4.68 Å². The van der Waals surface area contributed by atoms with Crippen molar-refractivity contribution >= 4 is 11.6 Å². The zero-order valence-electron chi connectivity index (χ0n) is 10.8. The predicted molar refractivity (Wildman–Crippen MR) is 71.8 cm³/mol. The third-order valence-electron chi connectivity index (χ3n) is 2.38. The average molecular weight is 243 g/mol. The van der Waals surface area contributed by atoms with Crippen LogP contribution in [0.1, 0.15) is 31.1 Å². The molecule has 0 aliphatic heterocycles. The highest BCUT2D eigenvalue weighted by atomic mass is 16.2. The van der Waals surface area contributed by atoms with Gasteiger partial charge >= 0.3 is 0 Å². The first kappa shape index (κ1) is 12.4. The average Bonchev–Trinajstić information content (AvgIpc) is 2.80. The third kappa shape index (κ3) is 2.77. The monoisotopic (exact) mass is 243 g/mol. The molecule has 0 unspecified atom stereocenters. The molecule has 0 atom stereocenters. The Hall–Kier alpha value is -2.10. The molecule has 1 aromatic heterocycles. The summed E-state index contributed by atoms with van der Waals surface area (Å²) in [5.41, 5.74) is 1.35. The third-order valence-corrected chi connectivity index (χ3v) is 2.38. The summed E-state index contributed by atoms with van der Waals surface area (Å²) in [6.45, 7) is 6.17. The molecule has 18 heavy (non-hydrogen) atoms. The lowest BCUT2D eigenvalue weighted by atomic mass is 10.1. The van der Waals surface area contributed by atoms with Crippen LogP contribution in [0, 0.1) is 0 Å². The normalized spacial score (nSPS) is 11.3. The Balaban J connectivity index is 2.36. The summed E-state index contributed by atoms with van der Waals surface area (Å²) >= 11 is 0. The topological polar surface area (TPSA) is 46.9 Å². The molecule has 4 heteroatoms. The van der Waals surface area contributed by atoms with Gasteiger partial charge in [0.25, 0.3) is 5.91 Å². The SMILES string of the molecule is CC(C)(C)Nc1ccccc1C(=O)n1cccn1. The fraction of sp³-hybridized carbons (Fsp3) is 0.286. The van der Waals surface area contributed by atoms with Gasteiger partial charge in [-0.05, 0) is 39.0 Å². The standard InChI is InChI=1S/C14H17N3O/c1-14(2,3)16-12-8-5-4-7-11(12)13(18)17-10-6-9-15-17/h4-10,16H,1-3H3. The number of hydrogen-bond donors (Lipinski definition) is 1. The first-order valence-electron chi connectivity index (χ1n) is 5.89. The van der Waals surface area contributed by atoms with Crippen molar-refractivity contribution in [3.63, 3.8) is 0 Å². The number of carbonyl (C=O) groups excluding carboxylic acids is 1. The minimum atomic E-state index is -0.132. The number of nitrogens with one attached hydrogen (secondary N) is 1. The number of aromatic nitrogens is 2. The Labute approximate surface area is 107 Å². The molecule has 0 spiro atoms. The summed E-state index contributed by atoms with van der Waals surface area (Å²) in [4.78, 5) is 12.3. The van der Waals surface area contributed by atoms with Gasteiger partial charge in [0.1, 0.15) is 0 Å². The van der Waals surface area contributed by atoms with E-state index in [-0.39, 0.29) is 11.4 Å². The quantitative estimate of drug-likeness (QED) is 0.882. The predicted octanol–water partition coefficient (Wildman–Crippen LogP) is 2.78. The van der Waals surface area contributed by atoms with Gasteiger partial charge in [-0.1, -0.05) is 12.1 Å². The molecular weight excluding hydrogens is 226 g/mol. The van der Waals surface area contributed by atoms with Crippen molar-refractivity contribution in [3.8, 4) is 0 Å². The number of carbonyl (C=O) groups is 1. The molecule has 0 radical (unpaired) electrons. The summed E-state index contributed by atoms with van der Waals surface area (Å²) in [6.07, 6.45) is 3.24. The molecule has 2 rings (SSSR count). The smallest absolute Gasteiger partial charge is 0.280 e. The Morgan fingerprint density at radius 2 is 1.94 bits per heavy atom. The molecule has 0 amide bonds. The van der Waals surface area contributed by atoms with Gasteiger partial charge < -0.3 is 5.32 Å². The van der Waals surface area contributed by atoms with E-state index in [9.17, 15) is 4.79 Å². The molecule has 94 valence electrons. The molecule has 0 saturated heterocycles. The second-order valence-corrected chi connectivity index (χ2v) is 5.18. The number of para-hydroxylation sites is 1. The lowest BCUT2D eigenvalue weighted by Crippen LogP contribution is -2.28. The van der Waals surface area contributed by atoms with Gasteiger partial charge in [-0.2, -0.15) is 5.10 Å². The Morgan fingerprint density at radius 1 is 1.22 bits per heavy atom. The van der Waals surface area contributed by atoms with Crippen LogP contribution in [0.3, 0.4) is 0 Å². The number of hydrogen-bond acceptors (Lipinski definition) is 3. The van der Waals surface area contributed by atoms with Crippen molar-refractivity contribution in [2.45, 2.75) is 26.3 Å². The summed E-state index contributed by atoms with van der Waals surface area (Å²) in [5, 5.41) is 7.30. The van der Waals surface area contributed by atoms with Crippen LogP contribution >= 0.6 is 0 Å². The molecule has 2 aromatic rings. The number of rotatable bonds is 2. The van der Waals surface area contributed by atoms with Crippen molar-refractivity contribution in [3.05, 3.63) is 48.3 Å². The Bertz CT molecular complexity index is 538. The van der Waals surface area contributed by atoms with E-state index < -0.39 is 0 Å². The van der Waals surface area contributed by atoms with E-state index in [4.69, 9.17) is 0 Å². The van der Waals surface area contributed by atoms with Crippen LogP contribution in [-0.2, 0) is 0 Å². The van der Waals surface area contributed by atoms with Gasteiger partial charge in [0.15, 0.2) is 0 Å². The van der Waals surface area contributed by atoms with Crippen molar-refractivity contribution in [1.29, 1.82) is 0 Å². The summed E-state index contributed by atoms with van der Waals surface area (Å²) < 4.78 is 1.34. The van der Waals surface area contributed by atoms with E-state index in [1.54, 1.807) is 24.5 Å². The molecule has 1 N–H and O–H groups in total. The maximum absolute atomic E-state index is 12.3. The second kappa shape index (κ2) is 4.64. The van der Waals surface area contributed by atoms with E-state index in [0.29, 0.717) is 5.56 Å². The first-order chi connectivity index (χ1) is 8.47. The highest BCUT2D eigenvalue weighted by molar-refractivity contribution is 6.00. The number of nitrogens with zero attached hydrogens (tertiary/aromatic N) is 2. The fourth-order valence-corrected chi connectivity index (χ4v) is 1.69. The Morgan fingerprint density at radius 3 is 2.56 bits per heavy atom. The molecule has 4 nitrogen and oxygen atoms in total. The maximum Gasteiger partial charge on any atom is 0.280 e. The lowest BCUT2D eigenvalue weighted by Gasteiger charge is -2.23. The van der Waals surface area contributed by atoms with Crippen LogP contribution in [0.2, 0.25) is 0 Å². The maximum atomic E-state index is 12.3. The number of anilines is 1. The minimum absolute atomic E-state index is 0.0967. The molecule has 0 fully saturated rings. The molecule has 0 saturated carbocycles. The van der Waals surface area contributed by atoms with Crippen molar-refractivity contribution in [2.24, 2.45) is 0 Å². The molecule has 0 aliphatic rings. The van der Waals surface area contributed by atoms with Crippen LogP contribution in [-0.4, -0.2) is 21.2 Å². The molecular formula is C14H17N3O. The van der Waals surface area contributed by atoms with Crippen LogP contribution in [0.4, 0.5) is 5.69 Å². The van der Waals surface area contributed by atoms with Gasteiger partial charge in [0.05, 0.1) is 5.56 Å². The highest BCUT2D eigenvalue weighted by Gasteiger charge is 2.17. The molecule has 1 aromatic carbocycles. The number of benzene rings is 1. The molecule has 1 heterocycles. The van der Waals surface area contributed by atoms with Gasteiger partial charge in [-0.15, -0.1) is 0 Å². The summed E-state index contributed by atoms with van der Waals surface area (Å²) in [6, 6.07) is 9.20. The summed E-state index contributed by atoms with van der Waals surface area (Å²) in [7, 11) is 0. The minimum Gasteiger partial charge on any atom is -0.380 e. The van der Waals surface area contributed by atoms with Gasteiger partial charge in [0, 0.05) is 23.6 Å². The van der Waals surface area contributed by atoms with Crippen molar-refractivity contribution in [1.82, 2.24) is 9.78 Å². The fourth-order valence-electron chi connectivity index (χ4n) is 1.69. The zero-order chi connectivity index (χ0) is 13.2. The summed E-state index contributed by atoms with van der Waals surface area (Å²) in [5.74, 6) is -0.132. The van der Waals surface area contributed by atoms with E-state index in [2.05, 4.69) is 31.2 Å². The molecule has 0 aliphatic carbocycles. The van der Waals surface area contributed by atoms with Crippen LogP contribution in [0.25, 0.3) is 0 Å². The van der Waals surface area contributed by atoms with E-state index in [0.717, 1.165) is 5.69 Å². The van der Waals surface area contributed by atoms with Crippen LogP contribution in [0.15, 0.2) is 42.7 Å². The first-order valence-corrected chi connectivity index (χ1v) is 5.89.